The molecule has 2 aliphatic heterocycles. The molecule has 0 saturated carbocycles. The van der Waals surface area contributed by atoms with Crippen molar-refractivity contribution in [3.8, 4) is 0 Å². The van der Waals surface area contributed by atoms with Crippen LogP contribution in [0.25, 0.3) is 0 Å². The Morgan fingerprint density at radius 1 is 1.47 bits per heavy atom. The summed E-state index contributed by atoms with van der Waals surface area (Å²) in [7, 11) is 0. The number of ether oxygens (including phenoxy) is 1. The van der Waals surface area contributed by atoms with Crippen LogP contribution in [0.1, 0.15) is 19.8 Å². The van der Waals surface area contributed by atoms with Crippen molar-refractivity contribution >= 4 is 17.8 Å². The van der Waals surface area contributed by atoms with E-state index < -0.39 is 0 Å². The van der Waals surface area contributed by atoms with Gasteiger partial charge in [0.15, 0.2) is 0 Å². The van der Waals surface area contributed by atoms with Crippen LogP contribution in [-0.2, 0) is 14.3 Å². The molecule has 2 rings (SSSR count). The average molecular weight is 269 g/mol. The van der Waals surface area contributed by atoms with E-state index in [9.17, 15) is 14.4 Å². The lowest BCUT2D eigenvalue weighted by atomic mass is 10.2. The van der Waals surface area contributed by atoms with Crippen LogP contribution in [0.15, 0.2) is 0 Å². The minimum atomic E-state index is -0.364. The number of hydrogen-bond acceptors (Lipinski definition) is 4. The number of nitrogens with one attached hydrogen (secondary N) is 1. The Hall–Kier alpha value is -1.63. The molecule has 0 bridgehead atoms. The first-order chi connectivity index (χ1) is 9.09. The topological polar surface area (TPSA) is 79.0 Å². The lowest BCUT2D eigenvalue weighted by Gasteiger charge is -2.33. The van der Waals surface area contributed by atoms with Crippen molar-refractivity contribution < 1.29 is 19.1 Å². The molecule has 7 nitrogen and oxygen atoms in total. The van der Waals surface area contributed by atoms with Crippen molar-refractivity contribution in [1.82, 2.24) is 15.1 Å². The van der Waals surface area contributed by atoms with E-state index >= 15 is 0 Å². The standard InChI is InChI=1S/C12H19N3O4/c1-9-8-19-6-5-14(9)10(16)3-2-4-15-11(17)7-13-12(15)18/h9H,2-8H2,1H3,(H,13,18)/t9-/m0/s1. The molecule has 106 valence electrons. The zero-order chi connectivity index (χ0) is 13.8. The SMILES string of the molecule is C[C@H]1COCCN1C(=O)CCCN1C(=O)CNC1=O. The van der Waals surface area contributed by atoms with Gasteiger partial charge in [-0.3, -0.25) is 14.5 Å². The highest BCUT2D eigenvalue weighted by molar-refractivity contribution is 6.01. The average Bonchev–Trinajstić information content (AvgIpc) is 2.70. The van der Waals surface area contributed by atoms with E-state index in [-0.39, 0.29) is 30.4 Å². The maximum Gasteiger partial charge on any atom is 0.324 e. The van der Waals surface area contributed by atoms with Gasteiger partial charge in [0, 0.05) is 19.5 Å². The van der Waals surface area contributed by atoms with Gasteiger partial charge in [-0.15, -0.1) is 0 Å². The minimum Gasteiger partial charge on any atom is -0.377 e. The maximum absolute atomic E-state index is 12.0. The molecule has 0 spiro atoms. The predicted molar refractivity (Wildman–Crippen MR) is 66.3 cm³/mol. The molecule has 0 aliphatic carbocycles. The molecule has 0 aromatic rings. The molecule has 1 atom stereocenters. The van der Waals surface area contributed by atoms with Crippen LogP contribution >= 0.6 is 0 Å². The summed E-state index contributed by atoms with van der Waals surface area (Å²) in [6.45, 7) is 4.07. The fourth-order valence-corrected chi connectivity index (χ4v) is 2.31. The molecule has 2 fully saturated rings. The van der Waals surface area contributed by atoms with E-state index in [2.05, 4.69) is 5.32 Å². The van der Waals surface area contributed by atoms with Crippen LogP contribution in [0.3, 0.4) is 0 Å². The summed E-state index contributed by atoms with van der Waals surface area (Å²) in [5.41, 5.74) is 0. The molecule has 0 radical (unpaired) electrons. The number of amides is 4. The molecule has 0 aromatic heterocycles. The lowest BCUT2D eigenvalue weighted by Crippen LogP contribution is -2.47. The number of carbonyl (C=O) groups is 3. The molecule has 2 saturated heterocycles. The van der Waals surface area contributed by atoms with E-state index in [1.807, 2.05) is 6.92 Å². The van der Waals surface area contributed by atoms with E-state index in [4.69, 9.17) is 4.74 Å². The third-order valence-corrected chi connectivity index (χ3v) is 3.40. The summed E-state index contributed by atoms with van der Waals surface area (Å²) >= 11 is 0. The second kappa shape index (κ2) is 6.01. The highest BCUT2D eigenvalue weighted by atomic mass is 16.5. The normalized spacial score (nSPS) is 23.7. The van der Waals surface area contributed by atoms with Crippen molar-refractivity contribution in [3.63, 3.8) is 0 Å². The Labute approximate surface area is 111 Å². The zero-order valence-corrected chi connectivity index (χ0v) is 11.1. The van der Waals surface area contributed by atoms with Crippen LogP contribution < -0.4 is 5.32 Å². The number of carbonyl (C=O) groups excluding carboxylic acids is 3. The number of hydrogen-bond donors (Lipinski definition) is 1. The summed E-state index contributed by atoms with van der Waals surface area (Å²) in [6.07, 6.45) is 0.851. The third-order valence-electron chi connectivity index (χ3n) is 3.40. The molecule has 2 heterocycles. The Morgan fingerprint density at radius 2 is 2.26 bits per heavy atom. The monoisotopic (exact) mass is 269 g/mol. The quantitative estimate of drug-likeness (QED) is 0.702. The van der Waals surface area contributed by atoms with Gasteiger partial charge in [-0.2, -0.15) is 0 Å². The van der Waals surface area contributed by atoms with Crippen molar-refractivity contribution in [1.29, 1.82) is 0 Å². The Bertz CT molecular complexity index is 369. The molecular formula is C12H19N3O4. The van der Waals surface area contributed by atoms with Crippen LogP contribution in [0.4, 0.5) is 4.79 Å². The molecule has 4 amide bonds. The first-order valence-corrected chi connectivity index (χ1v) is 6.55. The van der Waals surface area contributed by atoms with Crippen LogP contribution in [-0.4, -0.2) is 66.5 Å². The van der Waals surface area contributed by atoms with E-state index in [0.29, 0.717) is 39.1 Å². The van der Waals surface area contributed by atoms with Crippen molar-refractivity contribution in [2.45, 2.75) is 25.8 Å². The van der Waals surface area contributed by atoms with Crippen molar-refractivity contribution in [2.75, 3.05) is 32.8 Å². The first kappa shape index (κ1) is 13.8. The summed E-state index contributed by atoms with van der Waals surface area (Å²) in [5, 5.41) is 2.45. The predicted octanol–water partition coefficient (Wildman–Crippen LogP) is -0.434. The summed E-state index contributed by atoms with van der Waals surface area (Å²) in [4.78, 5) is 37.6. The summed E-state index contributed by atoms with van der Waals surface area (Å²) in [6, 6.07) is -0.268. The van der Waals surface area contributed by atoms with Crippen LogP contribution in [0.2, 0.25) is 0 Å². The molecular weight excluding hydrogens is 250 g/mol. The van der Waals surface area contributed by atoms with Gasteiger partial charge in [-0.25, -0.2) is 4.79 Å². The van der Waals surface area contributed by atoms with Gasteiger partial charge >= 0.3 is 6.03 Å². The minimum absolute atomic E-state index is 0.0582. The van der Waals surface area contributed by atoms with Crippen LogP contribution in [0, 0.1) is 0 Å². The van der Waals surface area contributed by atoms with Gasteiger partial charge in [0.25, 0.3) is 0 Å². The van der Waals surface area contributed by atoms with E-state index in [0.717, 1.165) is 4.90 Å². The number of nitrogens with zero attached hydrogens (tertiary/aromatic N) is 2. The smallest absolute Gasteiger partial charge is 0.324 e. The molecule has 0 aromatic carbocycles. The largest absolute Gasteiger partial charge is 0.377 e. The van der Waals surface area contributed by atoms with Crippen LogP contribution in [0.5, 0.6) is 0 Å². The lowest BCUT2D eigenvalue weighted by molar-refractivity contribution is -0.139. The van der Waals surface area contributed by atoms with Gasteiger partial charge in [0.05, 0.1) is 25.8 Å². The summed E-state index contributed by atoms with van der Waals surface area (Å²) < 4.78 is 5.28. The summed E-state index contributed by atoms with van der Waals surface area (Å²) in [5.74, 6) is -0.167. The highest BCUT2D eigenvalue weighted by Gasteiger charge is 2.28. The number of rotatable bonds is 4. The number of urea groups is 1. The van der Waals surface area contributed by atoms with Gasteiger partial charge in [0.1, 0.15) is 0 Å². The van der Waals surface area contributed by atoms with E-state index in [1.54, 1.807) is 4.90 Å². The Morgan fingerprint density at radius 3 is 2.89 bits per heavy atom. The number of morpholine rings is 1. The molecule has 19 heavy (non-hydrogen) atoms. The first-order valence-electron chi connectivity index (χ1n) is 6.55. The second-order valence-electron chi connectivity index (χ2n) is 4.82. The highest BCUT2D eigenvalue weighted by Crippen LogP contribution is 2.10. The zero-order valence-electron chi connectivity index (χ0n) is 11.1. The number of imide groups is 1. The maximum atomic E-state index is 12.0. The molecule has 0 unspecified atom stereocenters. The Balaban J connectivity index is 1.74. The fourth-order valence-electron chi connectivity index (χ4n) is 2.31. The van der Waals surface area contributed by atoms with Crippen molar-refractivity contribution in [3.05, 3.63) is 0 Å². The van der Waals surface area contributed by atoms with Gasteiger partial charge in [-0.1, -0.05) is 0 Å². The fraction of sp³-hybridized carbons (Fsp3) is 0.750. The van der Waals surface area contributed by atoms with E-state index in [1.165, 1.54) is 0 Å². The van der Waals surface area contributed by atoms with Crippen molar-refractivity contribution in [2.24, 2.45) is 0 Å². The molecule has 1 N–H and O–H groups in total. The molecule has 7 heteroatoms. The van der Waals surface area contributed by atoms with Gasteiger partial charge in [0.2, 0.25) is 11.8 Å². The second-order valence-corrected chi connectivity index (χ2v) is 4.82. The molecule has 2 aliphatic rings. The van der Waals surface area contributed by atoms with Gasteiger partial charge in [-0.05, 0) is 13.3 Å². The van der Waals surface area contributed by atoms with Gasteiger partial charge < -0.3 is 15.0 Å². The Kier molecular flexibility index (Phi) is 4.36. The third kappa shape index (κ3) is 3.23.